The summed E-state index contributed by atoms with van der Waals surface area (Å²) < 4.78 is 4.84. The first-order chi connectivity index (χ1) is 8.91. The second kappa shape index (κ2) is 12.4. The van der Waals surface area contributed by atoms with E-state index in [1.807, 2.05) is 0 Å². The molecule has 0 amide bonds. The summed E-state index contributed by atoms with van der Waals surface area (Å²) in [6, 6.07) is 0. The Morgan fingerprint density at radius 1 is 0.579 bits per heavy atom. The van der Waals surface area contributed by atoms with E-state index in [1.165, 1.54) is 38.9 Å². The molecule has 0 atom stereocenters. The van der Waals surface area contributed by atoms with Gasteiger partial charge in [0, 0.05) is 0 Å². The average Bonchev–Trinajstić information content (AvgIpc) is 2.26. The minimum atomic E-state index is -1.22. The van der Waals surface area contributed by atoms with E-state index < -0.39 is 19.8 Å². The molecule has 0 saturated carbocycles. The first kappa shape index (κ1) is 19.7. The topological polar surface area (TPSA) is 9.72 Å². The van der Waals surface area contributed by atoms with E-state index in [0.29, 0.717) is 0 Å². The molecular formula is C15H38N3Sn-. The van der Waals surface area contributed by atoms with Crippen molar-refractivity contribution in [2.45, 2.75) is 32.6 Å². The Morgan fingerprint density at radius 3 is 1.05 bits per heavy atom. The summed E-state index contributed by atoms with van der Waals surface area (Å²) in [6.45, 7) is 3.86. The van der Waals surface area contributed by atoms with E-state index in [4.69, 9.17) is 0 Å². The van der Waals surface area contributed by atoms with Crippen LogP contribution in [0.5, 0.6) is 0 Å². The van der Waals surface area contributed by atoms with Crippen LogP contribution in [-0.2, 0) is 0 Å². The molecule has 0 aromatic carbocycles. The second-order valence-corrected chi connectivity index (χ2v) is 16.6. The zero-order chi connectivity index (χ0) is 14.7. The quantitative estimate of drug-likeness (QED) is 0.482. The Bertz CT molecular complexity index is 168. The zero-order valence-corrected chi connectivity index (χ0v) is 17.6. The van der Waals surface area contributed by atoms with Gasteiger partial charge in [0.2, 0.25) is 0 Å². The van der Waals surface area contributed by atoms with Crippen LogP contribution < -0.4 is 0 Å². The molecule has 3 nitrogen and oxygen atoms in total. The predicted molar refractivity (Wildman–Crippen MR) is 92.2 cm³/mol. The zero-order valence-electron chi connectivity index (χ0n) is 15.3. The summed E-state index contributed by atoms with van der Waals surface area (Å²) in [5, 5.41) is 0. The fraction of sp³-hybridized carbons (Fsp3) is 1.00. The number of nitrogens with zero attached hydrogens (tertiary/aromatic N) is 3. The molecular weight excluding hydrogens is 341 g/mol. The first-order valence-electron chi connectivity index (χ1n) is 7.86. The van der Waals surface area contributed by atoms with E-state index in [1.54, 1.807) is 13.3 Å². The maximum absolute atomic E-state index is 2.34. The van der Waals surface area contributed by atoms with Gasteiger partial charge in [-0.15, -0.1) is 0 Å². The molecule has 0 aliphatic heterocycles. The van der Waals surface area contributed by atoms with Crippen molar-refractivity contribution in [2.75, 3.05) is 61.9 Å². The van der Waals surface area contributed by atoms with E-state index in [-0.39, 0.29) is 1.43 Å². The minimum absolute atomic E-state index is 0. The standard InChI is InChI=1S/3C5H12N.Sn.2H/c3*1-4-5-6(2)3;;;/h3*1,4-5H2,2-3H3;;;/q;;;;;-1. The summed E-state index contributed by atoms with van der Waals surface area (Å²) in [4.78, 5) is 7.01. The number of hydrogen-bond acceptors (Lipinski definition) is 3. The van der Waals surface area contributed by atoms with Crippen molar-refractivity contribution in [3.63, 3.8) is 0 Å². The molecule has 0 aromatic heterocycles. The van der Waals surface area contributed by atoms with Gasteiger partial charge in [0.05, 0.1) is 0 Å². The van der Waals surface area contributed by atoms with Crippen molar-refractivity contribution in [3.05, 3.63) is 0 Å². The summed E-state index contributed by atoms with van der Waals surface area (Å²) in [5.74, 6) is 0. The van der Waals surface area contributed by atoms with Gasteiger partial charge in [-0.3, -0.25) is 0 Å². The summed E-state index contributed by atoms with van der Waals surface area (Å²) in [5.41, 5.74) is 0. The Labute approximate surface area is 130 Å². The van der Waals surface area contributed by atoms with Crippen molar-refractivity contribution < 1.29 is 1.43 Å². The van der Waals surface area contributed by atoms with Gasteiger partial charge >= 0.3 is 129 Å². The summed E-state index contributed by atoms with van der Waals surface area (Å²) in [6.07, 6.45) is 4.33. The van der Waals surface area contributed by atoms with Crippen LogP contribution >= 0.6 is 0 Å². The van der Waals surface area contributed by atoms with Crippen molar-refractivity contribution in [2.24, 2.45) is 0 Å². The molecule has 0 saturated heterocycles. The van der Waals surface area contributed by atoms with Crippen LogP contribution in [-0.4, -0.2) is 96.4 Å². The maximum atomic E-state index is 2.34. The molecule has 0 rings (SSSR count). The molecule has 0 bridgehead atoms. The first-order valence-corrected chi connectivity index (χ1v) is 14.8. The van der Waals surface area contributed by atoms with Gasteiger partial charge in [-0.2, -0.15) is 0 Å². The predicted octanol–water partition coefficient (Wildman–Crippen LogP) is 2.18. The number of hydrogen-bond donors (Lipinski definition) is 0. The molecule has 19 heavy (non-hydrogen) atoms. The van der Waals surface area contributed by atoms with E-state index >= 15 is 0 Å². The van der Waals surface area contributed by atoms with Gasteiger partial charge in [0.25, 0.3) is 0 Å². The normalized spacial score (nSPS) is 12.3. The molecule has 0 fully saturated rings. The van der Waals surface area contributed by atoms with Crippen molar-refractivity contribution in [3.8, 4) is 0 Å². The summed E-state index contributed by atoms with van der Waals surface area (Å²) in [7, 11) is 13.2. The molecule has 0 unspecified atom stereocenters. The molecule has 0 aromatic rings. The fourth-order valence-corrected chi connectivity index (χ4v) is 11.5. The van der Waals surface area contributed by atoms with Gasteiger partial charge in [-0.1, -0.05) is 0 Å². The number of rotatable bonds is 12. The Morgan fingerprint density at radius 2 is 0.842 bits per heavy atom. The van der Waals surface area contributed by atoms with Crippen LogP contribution in [0.1, 0.15) is 20.7 Å². The Hall–Kier alpha value is 0.679. The minimum Gasteiger partial charge on any atom is -1.00 e. The second-order valence-electron chi connectivity index (χ2n) is 6.70. The van der Waals surface area contributed by atoms with Crippen molar-refractivity contribution in [1.29, 1.82) is 0 Å². The maximum Gasteiger partial charge on any atom is -1.00 e. The molecule has 118 valence electrons. The largest absolute Gasteiger partial charge is 1.00 e. The fourth-order valence-electron chi connectivity index (χ4n) is 2.52. The smallest absolute Gasteiger partial charge is 1.00 e. The van der Waals surface area contributed by atoms with Crippen LogP contribution in [0.15, 0.2) is 0 Å². The molecule has 0 spiro atoms. The van der Waals surface area contributed by atoms with E-state index in [2.05, 4.69) is 57.0 Å². The van der Waals surface area contributed by atoms with Gasteiger partial charge in [0.1, 0.15) is 0 Å². The van der Waals surface area contributed by atoms with E-state index in [9.17, 15) is 0 Å². The Kier molecular flexibility index (Phi) is 12.9. The van der Waals surface area contributed by atoms with Gasteiger partial charge in [-0.05, 0) is 0 Å². The van der Waals surface area contributed by atoms with Gasteiger partial charge in [-0.25, -0.2) is 0 Å². The van der Waals surface area contributed by atoms with Crippen LogP contribution in [0.3, 0.4) is 0 Å². The SMILES string of the molecule is CN(C)CC[CH2][SnH]([CH2]CCN(C)C)[CH2]CCN(C)C.[H-]. The Balaban J connectivity index is 0. The molecule has 0 N–H and O–H groups in total. The van der Waals surface area contributed by atoms with Gasteiger partial charge in [0.15, 0.2) is 0 Å². The van der Waals surface area contributed by atoms with E-state index in [0.717, 1.165) is 0 Å². The average molecular weight is 379 g/mol. The summed E-state index contributed by atoms with van der Waals surface area (Å²) >= 11 is -1.22. The third-order valence-electron chi connectivity index (χ3n) is 3.65. The third kappa shape index (κ3) is 14.9. The molecule has 0 aliphatic rings. The van der Waals surface area contributed by atoms with Crippen LogP contribution in [0.2, 0.25) is 13.3 Å². The van der Waals surface area contributed by atoms with Crippen LogP contribution in [0.4, 0.5) is 0 Å². The van der Waals surface area contributed by atoms with Crippen LogP contribution in [0.25, 0.3) is 0 Å². The molecule has 0 heterocycles. The third-order valence-corrected chi connectivity index (χ3v) is 14.1. The molecule has 4 heteroatoms. The van der Waals surface area contributed by atoms with Gasteiger partial charge < -0.3 is 1.43 Å². The van der Waals surface area contributed by atoms with Crippen molar-refractivity contribution >= 4 is 19.8 Å². The van der Waals surface area contributed by atoms with Crippen LogP contribution in [0, 0.1) is 0 Å². The van der Waals surface area contributed by atoms with Crippen molar-refractivity contribution in [1.82, 2.24) is 14.7 Å². The molecule has 0 aliphatic carbocycles. The molecule has 0 radical (unpaired) electrons. The monoisotopic (exact) mass is 380 g/mol.